The van der Waals surface area contributed by atoms with Crippen LogP contribution in [0.2, 0.25) is 0 Å². The van der Waals surface area contributed by atoms with Crippen LogP contribution in [0.25, 0.3) is 11.1 Å². The molecule has 0 aliphatic rings. The van der Waals surface area contributed by atoms with Crippen LogP contribution in [-0.2, 0) is 16.0 Å². The molecule has 0 spiro atoms. The topological polar surface area (TPSA) is 76.6 Å². The number of hydrogen-bond donors (Lipinski definition) is 0. The third-order valence-corrected chi connectivity index (χ3v) is 6.91. The second-order valence-electron chi connectivity index (χ2n) is 7.41. The van der Waals surface area contributed by atoms with E-state index in [0.717, 1.165) is 24.2 Å². The molecule has 1 amide bonds. The Morgan fingerprint density at radius 3 is 2.28 bits per heavy atom. The molecule has 13 heteroatoms. The summed E-state index contributed by atoms with van der Waals surface area (Å²) >= 11 is 0. The van der Waals surface area contributed by atoms with Crippen LogP contribution in [0.3, 0.4) is 0 Å². The second kappa shape index (κ2) is 9.80. The van der Waals surface area contributed by atoms with Gasteiger partial charge in [-0.05, 0) is 30.3 Å². The Kier molecular flexibility index (Phi) is 7.35. The molecule has 0 bridgehead atoms. The van der Waals surface area contributed by atoms with Crippen molar-refractivity contribution in [1.29, 1.82) is 0 Å². The van der Waals surface area contributed by atoms with Gasteiger partial charge in [0.25, 0.3) is 5.91 Å². The van der Waals surface area contributed by atoms with E-state index in [9.17, 15) is 39.6 Å². The van der Waals surface area contributed by atoms with E-state index in [1.54, 1.807) is 0 Å². The Labute approximate surface area is 202 Å². The second-order valence-corrected chi connectivity index (χ2v) is 9.66. The van der Waals surface area contributed by atoms with Gasteiger partial charge in [-0.25, -0.2) is 8.42 Å². The number of aromatic nitrogens is 1. The Morgan fingerprint density at radius 1 is 1.00 bits per heavy atom. The maximum absolute atomic E-state index is 13.4. The number of carbonyl (C=O) groups is 1. The van der Waals surface area contributed by atoms with Crippen molar-refractivity contribution in [3.05, 3.63) is 72.1 Å². The summed E-state index contributed by atoms with van der Waals surface area (Å²) in [6.07, 6.45) is -7.54. The minimum absolute atomic E-state index is 0.0348. The number of nitrogens with zero attached hydrogens (tertiary/aromatic N) is 2. The van der Waals surface area contributed by atoms with Crippen molar-refractivity contribution < 1.29 is 44.3 Å². The third-order valence-electron chi connectivity index (χ3n) is 5.12. The minimum Gasteiger partial charge on any atom is -0.405 e. The molecule has 1 aromatic heterocycles. The Morgan fingerprint density at radius 2 is 1.67 bits per heavy atom. The number of anilines is 1. The van der Waals surface area contributed by atoms with Crippen molar-refractivity contribution >= 4 is 21.4 Å². The molecule has 6 nitrogen and oxygen atoms in total. The van der Waals surface area contributed by atoms with Crippen LogP contribution in [0.4, 0.5) is 32.0 Å². The summed E-state index contributed by atoms with van der Waals surface area (Å²) in [5.41, 5.74) is -2.14. The molecule has 0 saturated carbocycles. The maximum Gasteiger partial charge on any atom is 0.573 e. The van der Waals surface area contributed by atoms with Crippen LogP contribution < -0.4 is 9.64 Å². The highest BCUT2D eigenvalue weighted by Gasteiger charge is 2.35. The van der Waals surface area contributed by atoms with Crippen molar-refractivity contribution in [2.45, 2.75) is 24.4 Å². The molecule has 2 aromatic carbocycles. The van der Waals surface area contributed by atoms with E-state index in [4.69, 9.17) is 0 Å². The van der Waals surface area contributed by atoms with E-state index in [-0.39, 0.29) is 16.8 Å². The number of hydrogen-bond acceptors (Lipinski definition) is 5. The summed E-state index contributed by atoms with van der Waals surface area (Å²) < 4.78 is 108. The van der Waals surface area contributed by atoms with Crippen LogP contribution in [0.1, 0.15) is 22.8 Å². The highest BCUT2D eigenvalue weighted by atomic mass is 32.2. The third kappa shape index (κ3) is 5.78. The van der Waals surface area contributed by atoms with Crippen LogP contribution in [0.15, 0.2) is 65.8 Å². The van der Waals surface area contributed by atoms with Gasteiger partial charge < -0.3 is 9.64 Å². The monoisotopic (exact) mass is 532 g/mol. The Hall–Kier alpha value is -3.61. The molecule has 0 radical (unpaired) electrons. The lowest BCUT2D eigenvalue weighted by atomic mass is 10.0. The highest BCUT2D eigenvalue weighted by Crippen LogP contribution is 2.39. The number of halogens is 6. The van der Waals surface area contributed by atoms with Gasteiger partial charge in [0.1, 0.15) is 5.75 Å². The van der Waals surface area contributed by atoms with Crippen LogP contribution in [0.5, 0.6) is 5.75 Å². The Bertz CT molecular complexity index is 1390. The van der Waals surface area contributed by atoms with Gasteiger partial charge in [-0.2, -0.15) is 13.2 Å². The van der Waals surface area contributed by atoms with Crippen molar-refractivity contribution in [3.8, 4) is 16.9 Å². The zero-order valence-corrected chi connectivity index (χ0v) is 19.5. The summed E-state index contributed by atoms with van der Waals surface area (Å²) in [4.78, 5) is 17.4. The number of sulfone groups is 1. The van der Waals surface area contributed by atoms with E-state index in [2.05, 4.69) is 9.72 Å². The molecule has 0 atom stereocenters. The summed E-state index contributed by atoms with van der Waals surface area (Å²) in [5, 5.41) is 0. The first kappa shape index (κ1) is 27.0. The average Bonchev–Trinajstić information content (AvgIpc) is 2.81. The number of benzene rings is 2. The van der Waals surface area contributed by atoms with E-state index in [1.165, 1.54) is 37.4 Å². The molecule has 192 valence electrons. The summed E-state index contributed by atoms with van der Waals surface area (Å²) in [6, 6.07) is 8.03. The molecule has 3 aromatic rings. The van der Waals surface area contributed by atoms with Crippen molar-refractivity contribution in [1.82, 2.24) is 4.98 Å². The largest absolute Gasteiger partial charge is 0.573 e. The van der Waals surface area contributed by atoms with Crippen molar-refractivity contribution in [2.75, 3.05) is 17.7 Å². The molecule has 0 saturated heterocycles. The highest BCUT2D eigenvalue weighted by molar-refractivity contribution is 7.91. The average molecular weight is 532 g/mol. The normalized spacial score (nSPS) is 12.3. The van der Waals surface area contributed by atoms with Crippen LogP contribution >= 0.6 is 0 Å². The van der Waals surface area contributed by atoms with Gasteiger partial charge in [-0.15, -0.1) is 13.2 Å². The molecular weight excluding hydrogens is 514 g/mol. The zero-order chi connectivity index (χ0) is 26.9. The van der Waals surface area contributed by atoms with E-state index in [0.29, 0.717) is 18.2 Å². The van der Waals surface area contributed by atoms with Gasteiger partial charge in [-0.3, -0.25) is 9.78 Å². The van der Waals surface area contributed by atoms with Crippen LogP contribution in [0, 0.1) is 0 Å². The predicted octanol–water partition coefficient (Wildman–Crippen LogP) is 5.74. The molecule has 0 N–H and O–H groups in total. The smallest absolute Gasteiger partial charge is 0.405 e. The Balaban J connectivity index is 2.17. The fourth-order valence-corrected chi connectivity index (χ4v) is 4.44. The first-order chi connectivity index (χ1) is 16.7. The zero-order valence-electron chi connectivity index (χ0n) is 18.7. The van der Waals surface area contributed by atoms with Crippen LogP contribution in [-0.4, -0.2) is 38.5 Å². The van der Waals surface area contributed by atoms with E-state index >= 15 is 0 Å². The van der Waals surface area contributed by atoms with Gasteiger partial charge in [0.05, 0.1) is 33.7 Å². The quantitative estimate of drug-likeness (QED) is 0.379. The number of para-hydroxylation sites is 1. The van der Waals surface area contributed by atoms with Crippen molar-refractivity contribution in [3.63, 3.8) is 0 Å². The van der Waals surface area contributed by atoms with Gasteiger partial charge >= 0.3 is 12.5 Å². The fourth-order valence-electron chi connectivity index (χ4n) is 3.37. The summed E-state index contributed by atoms with van der Waals surface area (Å²) in [7, 11) is -2.98. The fraction of sp³-hybridized carbons (Fsp3) is 0.217. The predicted molar refractivity (Wildman–Crippen MR) is 118 cm³/mol. The molecule has 36 heavy (non-hydrogen) atoms. The number of alkyl halides is 6. The molecule has 0 aliphatic heterocycles. The first-order valence-corrected chi connectivity index (χ1v) is 11.8. The summed E-state index contributed by atoms with van der Waals surface area (Å²) in [5.74, 6) is -2.22. The molecule has 0 fully saturated rings. The van der Waals surface area contributed by atoms with Gasteiger partial charge in [0.2, 0.25) is 0 Å². The lowest BCUT2D eigenvalue weighted by Crippen LogP contribution is -2.29. The number of pyridine rings is 1. The first-order valence-electron chi connectivity index (χ1n) is 10.2. The number of rotatable bonds is 6. The number of amides is 1. The molecule has 0 unspecified atom stereocenters. The van der Waals surface area contributed by atoms with Crippen molar-refractivity contribution in [2.24, 2.45) is 0 Å². The minimum atomic E-state index is -5.02. The number of carbonyl (C=O) groups excluding carboxylic acids is 1. The SMILES string of the molecule is CCS(=O)(=O)c1ccc(C(F)(F)F)cc1C(=O)N(C)c1cnccc1-c1ccccc1OC(F)(F)F. The molecule has 1 heterocycles. The summed E-state index contributed by atoms with van der Waals surface area (Å²) in [6.45, 7) is 1.27. The molecule has 0 aliphatic carbocycles. The standard InChI is InChI=1S/C23H18F6N2O4S/c1-3-36(33,34)20-9-8-14(22(24,25)26)12-17(20)21(32)31(2)18-13-30-11-10-15(18)16-6-4-5-7-19(16)35-23(27,28)29/h4-13H,3H2,1-2H3. The lowest BCUT2D eigenvalue weighted by Gasteiger charge is -2.23. The molecular formula is C23H18F6N2O4S. The van der Waals surface area contributed by atoms with E-state index < -0.39 is 55.8 Å². The maximum atomic E-state index is 13.4. The number of ether oxygens (including phenoxy) is 1. The van der Waals surface area contributed by atoms with Gasteiger partial charge in [0.15, 0.2) is 9.84 Å². The van der Waals surface area contributed by atoms with E-state index in [1.807, 2.05) is 0 Å². The van der Waals surface area contributed by atoms with Gasteiger partial charge in [-0.1, -0.05) is 25.1 Å². The molecule has 3 rings (SSSR count). The van der Waals surface area contributed by atoms with Gasteiger partial charge in [0, 0.05) is 24.4 Å². The lowest BCUT2D eigenvalue weighted by molar-refractivity contribution is -0.274.